The molecule has 1 amide bonds. The summed E-state index contributed by atoms with van der Waals surface area (Å²) >= 11 is 0. The first kappa shape index (κ1) is 13.2. The summed E-state index contributed by atoms with van der Waals surface area (Å²) in [5.41, 5.74) is 5.54. The van der Waals surface area contributed by atoms with Crippen molar-refractivity contribution in [3.8, 4) is 0 Å². The second-order valence-electron chi connectivity index (χ2n) is 3.98. The highest BCUT2D eigenvalue weighted by Gasteiger charge is 2.13. The Kier molecular flexibility index (Phi) is 4.68. The normalized spacial score (nSPS) is 10.1. The van der Waals surface area contributed by atoms with E-state index < -0.39 is 0 Å². The van der Waals surface area contributed by atoms with Crippen LogP contribution in [-0.2, 0) is 4.79 Å². The number of amides is 1. The molecule has 2 N–H and O–H groups in total. The fraction of sp³-hybridized carbons (Fsp3) is 0.545. The maximum Gasteiger partial charge on any atom is 0.241 e. The van der Waals surface area contributed by atoms with Crippen LogP contribution in [0.2, 0.25) is 0 Å². The summed E-state index contributed by atoms with van der Waals surface area (Å²) in [7, 11) is 3.47. The van der Waals surface area contributed by atoms with Gasteiger partial charge in [-0.25, -0.2) is 4.98 Å². The summed E-state index contributed by atoms with van der Waals surface area (Å²) in [6.45, 7) is 3.12. The second-order valence-corrected chi connectivity index (χ2v) is 3.98. The van der Waals surface area contributed by atoms with Gasteiger partial charge in [0, 0.05) is 26.8 Å². The topological polar surface area (TPSA) is 75.4 Å². The summed E-state index contributed by atoms with van der Waals surface area (Å²) in [5, 5.41) is 0. The van der Waals surface area contributed by atoms with E-state index in [0.717, 1.165) is 13.0 Å². The largest absolute Gasteiger partial charge is 0.368 e. The number of carbonyl (C=O) groups is 1. The van der Waals surface area contributed by atoms with Crippen LogP contribution in [0.4, 0.5) is 11.8 Å². The molecule has 1 heterocycles. The van der Waals surface area contributed by atoms with Gasteiger partial charge in [-0.15, -0.1) is 0 Å². The van der Waals surface area contributed by atoms with Crippen molar-refractivity contribution in [3.63, 3.8) is 0 Å². The predicted octanol–water partition coefficient (Wildman–Crippen LogP) is 0.363. The summed E-state index contributed by atoms with van der Waals surface area (Å²) in [6, 6.07) is 1.76. The van der Waals surface area contributed by atoms with E-state index in [-0.39, 0.29) is 11.9 Å². The Morgan fingerprint density at radius 3 is 2.71 bits per heavy atom. The summed E-state index contributed by atoms with van der Waals surface area (Å²) < 4.78 is 0. The summed E-state index contributed by atoms with van der Waals surface area (Å²) in [4.78, 5) is 23.1. The van der Waals surface area contributed by atoms with E-state index in [1.54, 1.807) is 31.3 Å². The van der Waals surface area contributed by atoms with Crippen molar-refractivity contribution in [3.05, 3.63) is 12.3 Å². The zero-order chi connectivity index (χ0) is 12.8. The Balaban J connectivity index is 2.82. The third-order valence-corrected chi connectivity index (χ3v) is 2.30. The van der Waals surface area contributed by atoms with Crippen LogP contribution in [-0.4, -0.2) is 48.0 Å². The molecule has 1 aromatic heterocycles. The van der Waals surface area contributed by atoms with E-state index in [4.69, 9.17) is 5.73 Å². The lowest BCUT2D eigenvalue weighted by Gasteiger charge is -2.24. The molecule has 0 saturated heterocycles. The van der Waals surface area contributed by atoms with E-state index in [0.29, 0.717) is 12.4 Å². The standard InChI is InChI=1S/C11H19N5O/c1-4-7-16(8-10(17)15(2)3)9-5-6-13-11(12)14-9/h5-6H,4,7-8H2,1-3H3,(H2,12,13,14). The number of likely N-dealkylation sites (N-methyl/N-ethyl adjacent to an activating group) is 1. The fourth-order valence-corrected chi connectivity index (χ4v) is 1.39. The number of hydrogen-bond acceptors (Lipinski definition) is 5. The molecule has 0 aliphatic heterocycles. The zero-order valence-electron chi connectivity index (χ0n) is 10.6. The Bertz CT molecular complexity index is 380. The molecule has 1 rings (SSSR count). The number of nitrogens with two attached hydrogens (primary N) is 1. The van der Waals surface area contributed by atoms with Gasteiger partial charge >= 0.3 is 0 Å². The maximum atomic E-state index is 11.7. The number of aromatic nitrogens is 2. The van der Waals surface area contributed by atoms with Crippen LogP contribution in [0.15, 0.2) is 12.3 Å². The molecule has 1 aromatic rings. The molecular weight excluding hydrogens is 218 g/mol. The highest BCUT2D eigenvalue weighted by Crippen LogP contribution is 2.11. The predicted molar refractivity (Wildman–Crippen MR) is 67.6 cm³/mol. The first-order chi connectivity index (χ1) is 8.04. The number of carbonyl (C=O) groups excluding carboxylic acids is 1. The number of nitrogen functional groups attached to an aromatic ring is 1. The lowest BCUT2D eigenvalue weighted by molar-refractivity contribution is -0.127. The van der Waals surface area contributed by atoms with Crippen molar-refractivity contribution >= 4 is 17.7 Å². The first-order valence-corrected chi connectivity index (χ1v) is 5.58. The van der Waals surface area contributed by atoms with Crippen molar-refractivity contribution in [2.75, 3.05) is 37.8 Å². The molecule has 0 bridgehead atoms. The van der Waals surface area contributed by atoms with Crippen LogP contribution in [0.5, 0.6) is 0 Å². The van der Waals surface area contributed by atoms with Crippen LogP contribution in [0.25, 0.3) is 0 Å². The number of rotatable bonds is 5. The van der Waals surface area contributed by atoms with Gasteiger partial charge < -0.3 is 15.5 Å². The van der Waals surface area contributed by atoms with Crippen molar-refractivity contribution in [1.29, 1.82) is 0 Å². The minimum Gasteiger partial charge on any atom is -0.368 e. The molecule has 0 aliphatic carbocycles. The minimum absolute atomic E-state index is 0.0376. The van der Waals surface area contributed by atoms with Gasteiger partial charge in [0.25, 0.3) is 0 Å². The Labute approximate surface area is 101 Å². The lowest BCUT2D eigenvalue weighted by Crippen LogP contribution is -2.37. The van der Waals surface area contributed by atoms with Crippen molar-refractivity contribution in [1.82, 2.24) is 14.9 Å². The Morgan fingerprint density at radius 1 is 1.47 bits per heavy atom. The van der Waals surface area contributed by atoms with Gasteiger partial charge in [0.1, 0.15) is 5.82 Å². The summed E-state index contributed by atoms with van der Waals surface area (Å²) in [5.74, 6) is 0.950. The molecule has 0 unspecified atom stereocenters. The average Bonchev–Trinajstić information content (AvgIpc) is 2.28. The number of hydrogen-bond donors (Lipinski definition) is 1. The van der Waals surface area contributed by atoms with Crippen molar-refractivity contribution in [2.45, 2.75) is 13.3 Å². The minimum atomic E-state index is 0.0376. The fourth-order valence-electron chi connectivity index (χ4n) is 1.39. The van der Waals surface area contributed by atoms with Crippen LogP contribution in [0, 0.1) is 0 Å². The van der Waals surface area contributed by atoms with E-state index in [1.807, 2.05) is 4.90 Å². The van der Waals surface area contributed by atoms with Gasteiger partial charge in [0.15, 0.2) is 0 Å². The lowest BCUT2D eigenvalue weighted by atomic mass is 10.3. The van der Waals surface area contributed by atoms with Gasteiger partial charge in [-0.05, 0) is 12.5 Å². The Morgan fingerprint density at radius 2 is 2.18 bits per heavy atom. The second kappa shape index (κ2) is 6.03. The quantitative estimate of drug-likeness (QED) is 0.800. The van der Waals surface area contributed by atoms with Gasteiger partial charge in [-0.1, -0.05) is 6.92 Å². The van der Waals surface area contributed by atoms with E-state index in [9.17, 15) is 4.79 Å². The molecule has 17 heavy (non-hydrogen) atoms. The molecule has 0 saturated carbocycles. The molecule has 0 spiro atoms. The van der Waals surface area contributed by atoms with E-state index in [2.05, 4.69) is 16.9 Å². The molecule has 0 fully saturated rings. The van der Waals surface area contributed by atoms with Crippen LogP contribution in [0.3, 0.4) is 0 Å². The van der Waals surface area contributed by atoms with Crippen LogP contribution >= 0.6 is 0 Å². The average molecular weight is 237 g/mol. The van der Waals surface area contributed by atoms with Gasteiger partial charge in [-0.2, -0.15) is 4.98 Å². The Hall–Kier alpha value is -1.85. The van der Waals surface area contributed by atoms with Crippen LogP contribution in [0.1, 0.15) is 13.3 Å². The summed E-state index contributed by atoms with van der Waals surface area (Å²) in [6.07, 6.45) is 2.53. The molecular formula is C11H19N5O. The number of anilines is 2. The third kappa shape index (κ3) is 3.90. The molecule has 0 aliphatic rings. The SMILES string of the molecule is CCCN(CC(=O)N(C)C)c1ccnc(N)n1. The zero-order valence-corrected chi connectivity index (χ0v) is 10.6. The van der Waals surface area contributed by atoms with Gasteiger partial charge in [0.05, 0.1) is 6.54 Å². The van der Waals surface area contributed by atoms with Gasteiger partial charge in [-0.3, -0.25) is 4.79 Å². The molecule has 94 valence electrons. The highest BCUT2D eigenvalue weighted by molar-refractivity contribution is 5.80. The molecule has 0 atom stereocenters. The molecule has 6 nitrogen and oxygen atoms in total. The van der Waals surface area contributed by atoms with E-state index >= 15 is 0 Å². The molecule has 0 aromatic carbocycles. The maximum absolute atomic E-state index is 11.7. The van der Waals surface area contributed by atoms with E-state index in [1.165, 1.54) is 0 Å². The monoisotopic (exact) mass is 237 g/mol. The van der Waals surface area contributed by atoms with Gasteiger partial charge in [0.2, 0.25) is 11.9 Å². The van der Waals surface area contributed by atoms with Crippen molar-refractivity contribution < 1.29 is 4.79 Å². The van der Waals surface area contributed by atoms with Crippen LogP contribution < -0.4 is 10.6 Å². The smallest absolute Gasteiger partial charge is 0.241 e. The highest BCUT2D eigenvalue weighted by atomic mass is 16.2. The molecule has 0 radical (unpaired) electrons. The third-order valence-electron chi connectivity index (χ3n) is 2.30. The molecule has 6 heteroatoms. The number of nitrogens with zero attached hydrogens (tertiary/aromatic N) is 4. The first-order valence-electron chi connectivity index (χ1n) is 5.58. The van der Waals surface area contributed by atoms with Crippen molar-refractivity contribution in [2.24, 2.45) is 0 Å².